The van der Waals surface area contributed by atoms with Gasteiger partial charge in [0.05, 0.1) is 13.1 Å². The number of carboxylic acid groups (broad SMARTS) is 1. The maximum atomic E-state index is 11.6. The molecule has 0 spiro atoms. The van der Waals surface area contributed by atoms with Crippen molar-refractivity contribution in [3.63, 3.8) is 0 Å². The van der Waals surface area contributed by atoms with Gasteiger partial charge in [0, 0.05) is 12.6 Å². The number of hydrogen-bond acceptors (Lipinski definition) is 5. The van der Waals surface area contributed by atoms with Crippen molar-refractivity contribution < 1.29 is 19.4 Å². The second-order valence-electron chi connectivity index (χ2n) is 5.94. The molecule has 1 fully saturated rings. The quantitative estimate of drug-likeness (QED) is 0.708. The molecule has 19 heavy (non-hydrogen) atoms. The molecule has 1 aliphatic rings. The molecule has 0 amide bonds. The van der Waals surface area contributed by atoms with Gasteiger partial charge in [-0.25, -0.2) is 0 Å². The molecule has 1 saturated heterocycles. The fourth-order valence-corrected chi connectivity index (χ4v) is 2.16. The minimum atomic E-state index is -0.812. The number of hydrogen-bond donors (Lipinski definition) is 2. The zero-order valence-corrected chi connectivity index (χ0v) is 11.9. The first-order chi connectivity index (χ1) is 8.76. The third kappa shape index (κ3) is 7.12. The Hall–Kier alpha value is -1.14. The Bertz CT molecular complexity index is 325. The Morgan fingerprint density at radius 1 is 1.42 bits per heavy atom. The highest BCUT2D eigenvalue weighted by molar-refractivity contribution is 5.72. The molecular formula is C13H24N2O4. The van der Waals surface area contributed by atoms with Gasteiger partial charge in [-0.3, -0.25) is 14.5 Å². The van der Waals surface area contributed by atoms with Crippen molar-refractivity contribution in [2.75, 3.05) is 26.2 Å². The summed E-state index contributed by atoms with van der Waals surface area (Å²) in [7, 11) is 0. The SMILES string of the molecule is CC(C)(C)OC(=O)CN[C@@H]1CCCN(CC(=O)O)C1. The monoisotopic (exact) mass is 272 g/mol. The van der Waals surface area contributed by atoms with Crippen LogP contribution in [0.4, 0.5) is 0 Å². The molecule has 1 heterocycles. The second-order valence-corrected chi connectivity index (χ2v) is 5.94. The highest BCUT2D eigenvalue weighted by Crippen LogP contribution is 2.10. The van der Waals surface area contributed by atoms with Crippen molar-refractivity contribution in [3.8, 4) is 0 Å². The van der Waals surface area contributed by atoms with Crippen molar-refractivity contribution in [3.05, 3.63) is 0 Å². The molecule has 0 bridgehead atoms. The fraction of sp³-hybridized carbons (Fsp3) is 0.846. The number of nitrogens with one attached hydrogen (secondary N) is 1. The van der Waals surface area contributed by atoms with Crippen LogP contribution in [0.1, 0.15) is 33.6 Å². The van der Waals surface area contributed by atoms with E-state index in [1.807, 2.05) is 25.7 Å². The van der Waals surface area contributed by atoms with Crippen LogP contribution in [0, 0.1) is 0 Å². The molecule has 1 atom stereocenters. The number of carboxylic acids is 1. The molecule has 6 heteroatoms. The summed E-state index contributed by atoms with van der Waals surface area (Å²) in [4.78, 5) is 24.1. The molecule has 0 aromatic rings. The van der Waals surface area contributed by atoms with E-state index in [-0.39, 0.29) is 25.1 Å². The Balaban J connectivity index is 2.29. The van der Waals surface area contributed by atoms with E-state index in [0.717, 1.165) is 19.4 Å². The summed E-state index contributed by atoms with van der Waals surface area (Å²) in [5.41, 5.74) is -0.472. The summed E-state index contributed by atoms with van der Waals surface area (Å²) in [5.74, 6) is -1.09. The van der Waals surface area contributed by atoms with E-state index < -0.39 is 11.6 Å². The number of likely N-dealkylation sites (tertiary alicyclic amines) is 1. The van der Waals surface area contributed by atoms with Crippen LogP contribution >= 0.6 is 0 Å². The van der Waals surface area contributed by atoms with Gasteiger partial charge in [0.2, 0.25) is 0 Å². The molecule has 0 radical (unpaired) electrons. The smallest absolute Gasteiger partial charge is 0.320 e. The summed E-state index contributed by atoms with van der Waals surface area (Å²) in [6.07, 6.45) is 1.90. The molecule has 6 nitrogen and oxygen atoms in total. The van der Waals surface area contributed by atoms with Crippen molar-refractivity contribution in [1.29, 1.82) is 0 Å². The van der Waals surface area contributed by atoms with Crippen LogP contribution in [0.3, 0.4) is 0 Å². The number of carbonyl (C=O) groups is 2. The van der Waals surface area contributed by atoms with E-state index in [2.05, 4.69) is 5.32 Å². The van der Waals surface area contributed by atoms with Crippen LogP contribution in [0.15, 0.2) is 0 Å². The largest absolute Gasteiger partial charge is 0.480 e. The molecule has 0 aromatic heterocycles. The molecular weight excluding hydrogens is 248 g/mol. The van der Waals surface area contributed by atoms with E-state index in [0.29, 0.717) is 6.54 Å². The van der Waals surface area contributed by atoms with Gasteiger partial charge in [0.1, 0.15) is 5.60 Å². The van der Waals surface area contributed by atoms with Gasteiger partial charge >= 0.3 is 11.9 Å². The standard InChI is InChI=1S/C13H24N2O4/c1-13(2,3)19-12(18)7-14-10-5-4-6-15(8-10)9-11(16)17/h10,14H,4-9H2,1-3H3,(H,16,17)/t10-/m1/s1. The number of carbonyl (C=O) groups excluding carboxylic acids is 1. The fourth-order valence-electron chi connectivity index (χ4n) is 2.16. The Morgan fingerprint density at radius 2 is 2.11 bits per heavy atom. The minimum Gasteiger partial charge on any atom is -0.480 e. The first-order valence-electron chi connectivity index (χ1n) is 6.65. The zero-order chi connectivity index (χ0) is 14.5. The zero-order valence-electron chi connectivity index (χ0n) is 11.9. The summed E-state index contributed by atoms with van der Waals surface area (Å²) >= 11 is 0. The van der Waals surface area contributed by atoms with Crippen LogP contribution in [-0.4, -0.2) is 59.8 Å². The van der Waals surface area contributed by atoms with E-state index in [1.54, 1.807) is 0 Å². The normalized spacial score (nSPS) is 21.1. The molecule has 2 N–H and O–H groups in total. The number of nitrogens with zero attached hydrogens (tertiary/aromatic N) is 1. The van der Waals surface area contributed by atoms with Crippen molar-refractivity contribution in [1.82, 2.24) is 10.2 Å². The third-order valence-electron chi connectivity index (χ3n) is 2.82. The van der Waals surface area contributed by atoms with Gasteiger partial charge in [-0.1, -0.05) is 0 Å². The summed E-state index contributed by atoms with van der Waals surface area (Å²) in [5, 5.41) is 11.9. The number of aliphatic carboxylic acids is 1. The van der Waals surface area contributed by atoms with Crippen LogP contribution in [0.2, 0.25) is 0 Å². The predicted octanol–water partition coefficient (Wildman–Crippen LogP) is 0.467. The first kappa shape index (κ1) is 15.9. The number of piperidine rings is 1. The highest BCUT2D eigenvalue weighted by Gasteiger charge is 2.22. The highest BCUT2D eigenvalue weighted by atomic mass is 16.6. The van der Waals surface area contributed by atoms with Crippen molar-refractivity contribution >= 4 is 11.9 Å². The Morgan fingerprint density at radius 3 is 2.68 bits per heavy atom. The van der Waals surface area contributed by atoms with Crippen molar-refractivity contribution in [2.24, 2.45) is 0 Å². The van der Waals surface area contributed by atoms with Crippen molar-refractivity contribution in [2.45, 2.75) is 45.3 Å². The lowest BCUT2D eigenvalue weighted by atomic mass is 10.1. The lowest BCUT2D eigenvalue weighted by Gasteiger charge is -2.32. The Kier molecular flexibility index (Phi) is 5.75. The lowest BCUT2D eigenvalue weighted by molar-refractivity contribution is -0.154. The number of rotatable bonds is 5. The number of esters is 1. The van der Waals surface area contributed by atoms with Crippen LogP contribution in [0.5, 0.6) is 0 Å². The second kappa shape index (κ2) is 6.86. The van der Waals surface area contributed by atoms with Gasteiger partial charge < -0.3 is 15.2 Å². The average Bonchev–Trinajstić information content (AvgIpc) is 2.23. The summed E-state index contributed by atoms with van der Waals surface area (Å²) in [6, 6.07) is 0.153. The summed E-state index contributed by atoms with van der Waals surface area (Å²) < 4.78 is 5.21. The van der Waals surface area contributed by atoms with E-state index in [9.17, 15) is 9.59 Å². The van der Waals surface area contributed by atoms with E-state index >= 15 is 0 Å². The first-order valence-corrected chi connectivity index (χ1v) is 6.65. The molecule has 1 rings (SSSR count). The van der Waals surface area contributed by atoms with Crippen LogP contribution in [0.25, 0.3) is 0 Å². The lowest BCUT2D eigenvalue weighted by Crippen LogP contribution is -2.48. The molecule has 0 saturated carbocycles. The molecule has 110 valence electrons. The van der Waals surface area contributed by atoms with E-state index in [1.165, 1.54) is 0 Å². The van der Waals surface area contributed by atoms with Crippen LogP contribution < -0.4 is 5.32 Å². The van der Waals surface area contributed by atoms with Gasteiger partial charge in [-0.05, 0) is 40.2 Å². The van der Waals surface area contributed by atoms with Gasteiger partial charge in [0.25, 0.3) is 0 Å². The maximum absolute atomic E-state index is 11.6. The van der Waals surface area contributed by atoms with Gasteiger partial charge in [-0.2, -0.15) is 0 Å². The maximum Gasteiger partial charge on any atom is 0.320 e. The van der Waals surface area contributed by atoms with Crippen LogP contribution in [-0.2, 0) is 14.3 Å². The van der Waals surface area contributed by atoms with E-state index in [4.69, 9.17) is 9.84 Å². The number of ether oxygens (including phenoxy) is 1. The third-order valence-corrected chi connectivity index (χ3v) is 2.82. The molecule has 0 unspecified atom stereocenters. The van der Waals surface area contributed by atoms with Gasteiger partial charge in [0.15, 0.2) is 0 Å². The Labute approximate surface area is 114 Å². The topological polar surface area (TPSA) is 78.9 Å². The molecule has 0 aromatic carbocycles. The molecule has 0 aliphatic carbocycles. The molecule has 1 aliphatic heterocycles. The van der Waals surface area contributed by atoms with Gasteiger partial charge in [-0.15, -0.1) is 0 Å². The minimum absolute atomic E-state index is 0.0601. The predicted molar refractivity (Wildman–Crippen MR) is 70.9 cm³/mol. The summed E-state index contributed by atoms with van der Waals surface area (Å²) in [6.45, 7) is 7.19. The average molecular weight is 272 g/mol.